The molecule has 0 fully saturated rings. The lowest BCUT2D eigenvalue weighted by Crippen LogP contribution is -2.15. The fraction of sp³-hybridized carbons (Fsp3) is 0.250. The van der Waals surface area contributed by atoms with Crippen molar-refractivity contribution < 1.29 is 14.2 Å². The van der Waals surface area contributed by atoms with E-state index in [1.807, 2.05) is 36.4 Å². The minimum Gasteiger partial charge on any atom is -0.497 e. The van der Waals surface area contributed by atoms with E-state index in [0.29, 0.717) is 19.8 Å². The number of fused-ring (bicyclic) bond motifs is 1. The third-order valence-corrected chi connectivity index (χ3v) is 4.33. The maximum atomic E-state index is 5.81. The van der Waals surface area contributed by atoms with Crippen LogP contribution in [0, 0.1) is 0 Å². The lowest BCUT2D eigenvalue weighted by atomic mass is 10.2. The quantitative estimate of drug-likeness (QED) is 0.940. The van der Waals surface area contributed by atoms with Crippen LogP contribution in [0.15, 0.2) is 46.2 Å². The van der Waals surface area contributed by atoms with E-state index >= 15 is 0 Å². The summed E-state index contributed by atoms with van der Waals surface area (Å²) in [4.78, 5) is 2.18. The molecule has 0 aliphatic carbocycles. The normalized spacial score (nSPS) is 13.0. The molecule has 5 heteroatoms. The first-order chi connectivity index (χ1) is 10.3. The van der Waals surface area contributed by atoms with Crippen LogP contribution < -0.4 is 19.9 Å². The van der Waals surface area contributed by atoms with Gasteiger partial charge >= 0.3 is 0 Å². The Kier molecular flexibility index (Phi) is 4.22. The molecule has 110 valence electrons. The Bertz CT molecular complexity index is 645. The summed E-state index contributed by atoms with van der Waals surface area (Å²) in [5, 5.41) is 0. The highest BCUT2D eigenvalue weighted by atomic mass is 32.2. The van der Waals surface area contributed by atoms with Gasteiger partial charge in [0.15, 0.2) is 11.5 Å². The molecule has 0 bridgehead atoms. The molecule has 2 aromatic carbocycles. The molecule has 1 aliphatic rings. The van der Waals surface area contributed by atoms with Crippen LogP contribution in [-0.2, 0) is 6.54 Å². The van der Waals surface area contributed by atoms with Crippen LogP contribution in [0.4, 0.5) is 0 Å². The molecular formula is C16H17NO3S. The minimum absolute atomic E-state index is 0.497. The molecule has 1 aliphatic heterocycles. The Labute approximate surface area is 128 Å². The van der Waals surface area contributed by atoms with Crippen molar-refractivity contribution in [3.05, 3.63) is 42.0 Å². The van der Waals surface area contributed by atoms with Crippen LogP contribution in [-0.4, -0.2) is 20.3 Å². The fourth-order valence-electron chi connectivity index (χ4n) is 2.14. The first-order valence-electron chi connectivity index (χ1n) is 6.74. The summed E-state index contributed by atoms with van der Waals surface area (Å²) in [6.07, 6.45) is 0. The summed E-state index contributed by atoms with van der Waals surface area (Å²) in [5.41, 5.74) is 6.90. The van der Waals surface area contributed by atoms with Gasteiger partial charge in [-0.1, -0.05) is 17.8 Å². The van der Waals surface area contributed by atoms with Crippen molar-refractivity contribution in [1.82, 2.24) is 0 Å². The number of hydrogen-bond donors (Lipinski definition) is 1. The van der Waals surface area contributed by atoms with Gasteiger partial charge < -0.3 is 19.9 Å². The minimum atomic E-state index is 0.497. The highest BCUT2D eigenvalue weighted by Gasteiger charge is 2.13. The smallest absolute Gasteiger partial charge is 0.162 e. The van der Waals surface area contributed by atoms with E-state index in [4.69, 9.17) is 19.9 Å². The van der Waals surface area contributed by atoms with Crippen LogP contribution in [0.5, 0.6) is 17.2 Å². The molecule has 0 radical (unpaired) electrons. The van der Waals surface area contributed by atoms with Gasteiger partial charge in [-0.25, -0.2) is 0 Å². The van der Waals surface area contributed by atoms with Crippen LogP contribution in [0.1, 0.15) is 5.56 Å². The number of methoxy groups -OCH3 is 1. The number of ether oxygens (including phenoxy) is 3. The van der Waals surface area contributed by atoms with Gasteiger partial charge in [0.05, 0.1) is 7.11 Å². The number of benzene rings is 2. The van der Waals surface area contributed by atoms with Gasteiger partial charge in [0.25, 0.3) is 0 Å². The topological polar surface area (TPSA) is 53.7 Å². The molecule has 2 aromatic rings. The lowest BCUT2D eigenvalue weighted by Gasteiger charge is -2.19. The van der Waals surface area contributed by atoms with Crippen molar-refractivity contribution in [3.63, 3.8) is 0 Å². The van der Waals surface area contributed by atoms with E-state index in [1.54, 1.807) is 18.9 Å². The zero-order valence-corrected chi connectivity index (χ0v) is 12.6. The molecule has 0 saturated carbocycles. The van der Waals surface area contributed by atoms with Crippen LogP contribution >= 0.6 is 11.8 Å². The molecular weight excluding hydrogens is 286 g/mol. The second-order valence-corrected chi connectivity index (χ2v) is 5.70. The molecule has 0 atom stereocenters. The van der Waals surface area contributed by atoms with Crippen molar-refractivity contribution in [1.29, 1.82) is 0 Å². The monoisotopic (exact) mass is 303 g/mol. The first-order valence-corrected chi connectivity index (χ1v) is 7.56. The highest BCUT2D eigenvalue weighted by Crippen LogP contribution is 2.38. The predicted octanol–water partition coefficient (Wildman–Crippen LogP) is 3.08. The van der Waals surface area contributed by atoms with Gasteiger partial charge in [-0.3, -0.25) is 0 Å². The van der Waals surface area contributed by atoms with Crippen molar-refractivity contribution in [3.8, 4) is 17.2 Å². The molecule has 21 heavy (non-hydrogen) atoms. The summed E-state index contributed by atoms with van der Waals surface area (Å²) in [6.45, 7) is 1.69. The van der Waals surface area contributed by atoms with E-state index in [-0.39, 0.29) is 0 Å². The summed E-state index contributed by atoms with van der Waals surface area (Å²) in [6, 6.07) is 11.9. The zero-order valence-electron chi connectivity index (χ0n) is 11.8. The second kappa shape index (κ2) is 6.28. The maximum absolute atomic E-state index is 5.81. The maximum Gasteiger partial charge on any atom is 0.162 e. The van der Waals surface area contributed by atoms with Crippen LogP contribution in [0.2, 0.25) is 0 Å². The van der Waals surface area contributed by atoms with Crippen molar-refractivity contribution in [2.24, 2.45) is 5.73 Å². The van der Waals surface area contributed by atoms with Gasteiger partial charge in [-0.05, 0) is 35.9 Å². The third-order valence-electron chi connectivity index (χ3n) is 3.24. The van der Waals surface area contributed by atoms with Gasteiger partial charge in [0.2, 0.25) is 0 Å². The number of hydrogen-bond acceptors (Lipinski definition) is 5. The average Bonchev–Trinajstić information content (AvgIpc) is 2.54. The fourth-order valence-corrected chi connectivity index (χ4v) is 3.15. The van der Waals surface area contributed by atoms with Crippen molar-refractivity contribution in [2.75, 3.05) is 20.3 Å². The van der Waals surface area contributed by atoms with Crippen molar-refractivity contribution in [2.45, 2.75) is 16.3 Å². The first kappa shape index (κ1) is 14.1. The Hall–Kier alpha value is -1.85. The Balaban J connectivity index is 1.89. The second-order valence-electron chi connectivity index (χ2n) is 4.59. The van der Waals surface area contributed by atoms with Gasteiger partial charge in [-0.2, -0.15) is 0 Å². The molecule has 0 saturated heterocycles. The van der Waals surface area contributed by atoms with Crippen LogP contribution in [0.25, 0.3) is 0 Å². The highest BCUT2D eigenvalue weighted by molar-refractivity contribution is 7.99. The van der Waals surface area contributed by atoms with Gasteiger partial charge in [0, 0.05) is 16.3 Å². The summed E-state index contributed by atoms with van der Waals surface area (Å²) < 4.78 is 16.4. The standard InChI is InChI=1S/C16H17NO3S/c1-18-12-3-2-11(10-17)16(8-12)21-13-4-5-14-15(9-13)20-7-6-19-14/h2-5,8-9H,6-7,10,17H2,1H3. The largest absolute Gasteiger partial charge is 0.497 e. The Morgan fingerprint density at radius 3 is 2.67 bits per heavy atom. The van der Waals surface area contributed by atoms with Gasteiger partial charge in [-0.15, -0.1) is 0 Å². The zero-order chi connectivity index (χ0) is 14.7. The molecule has 2 N–H and O–H groups in total. The van der Waals surface area contributed by atoms with Crippen LogP contribution in [0.3, 0.4) is 0 Å². The van der Waals surface area contributed by atoms with E-state index in [9.17, 15) is 0 Å². The Morgan fingerprint density at radius 2 is 1.90 bits per heavy atom. The van der Waals surface area contributed by atoms with E-state index in [0.717, 1.165) is 32.6 Å². The summed E-state index contributed by atoms with van der Waals surface area (Å²) >= 11 is 1.65. The molecule has 4 nitrogen and oxygen atoms in total. The van der Waals surface area contributed by atoms with Crippen molar-refractivity contribution >= 4 is 11.8 Å². The van der Waals surface area contributed by atoms with E-state index < -0.39 is 0 Å². The number of rotatable bonds is 4. The molecule has 0 spiro atoms. The third kappa shape index (κ3) is 3.09. The summed E-state index contributed by atoms with van der Waals surface area (Å²) in [5.74, 6) is 2.42. The molecule has 3 rings (SSSR count). The molecule has 0 unspecified atom stereocenters. The predicted molar refractivity (Wildman–Crippen MR) is 82.4 cm³/mol. The SMILES string of the molecule is COc1ccc(CN)c(Sc2ccc3c(c2)OCCO3)c1. The molecule has 1 heterocycles. The number of nitrogens with two attached hydrogens (primary N) is 1. The van der Waals surface area contributed by atoms with E-state index in [2.05, 4.69) is 0 Å². The Morgan fingerprint density at radius 1 is 1.10 bits per heavy atom. The molecule has 0 aromatic heterocycles. The van der Waals surface area contributed by atoms with E-state index in [1.165, 1.54) is 0 Å². The summed E-state index contributed by atoms with van der Waals surface area (Å²) in [7, 11) is 1.66. The van der Waals surface area contributed by atoms with Gasteiger partial charge in [0.1, 0.15) is 19.0 Å². The lowest BCUT2D eigenvalue weighted by molar-refractivity contribution is 0.171. The average molecular weight is 303 g/mol. The molecule has 0 amide bonds.